The van der Waals surface area contributed by atoms with Crippen molar-refractivity contribution < 1.29 is 3.76 Å². The summed E-state index contributed by atoms with van der Waals surface area (Å²) in [6.07, 6.45) is 12.5. The fourth-order valence-corrected chi connectivity index (χ4v) is 15.4. The second-order valence-corrected chi connectivity index (χ2v) is 19.1. The van der Waals surface area contributed by atoms with Crippen molar-refractivity contribution in [2.45, 2.75) is 131 Å². The predicted octanol–water partition coefficient (Wildman–Crippen LogP) is 7.86. The van der Waals surface area contributed by atoms with Gasteiger partial charge in [-0.25, -0.2) is 0 Å². The Morgan fingerprint density at radius 1 is 0.625 bits per heavy atom. The van der Waals surface area contributed by atoms with Crippen molar-refractivity contribution in [2.24, 2.45) is 0 Å². The quantitative estimate of drug-likeness (QED) is 0.159. The molecule has 2 radical (unpaired) electrons. The summed E-state index contributed by atoms with van der Waals surface area (Å²) >= 11 is -2.08. The van der Waals surface area contributed by atoms with Gasteiger partial charge in [0, 0.05) is 0 Å². The van der Waals surface area contributed by atoms with Gasteiger partial charge in [-0.2, -0.15) is 0 Å². The fraction of sp³-hybridized carbons (Fsp3) is 1.00. The van der Waals surface area contributed by atoms with Crippen molar-refractivity contribution in [3.8, 4) is 0 Å². The van der Waals surface area contributed by atoms with E-state index in [4.69, 9.17) is 3.76 Å². The molecule has 0 aliphatic carbocycles. The zero-order valence-corrected chi connectivity index (χ0v) is 22.0. The van der Waals surface area contributed by atoms with E-state index in [-0.39, 0.29) is 5.60 Å². The Labute approximate surface area is 163 Å². The third kappa shape index (κ3) is 14.2. The average molecular weight is 460 g/mol. The molecule has 0 unspecified atom stereocenters. The van der Waals surface area contributed by atoms with Gasteiger partial charge in [-0.05, 0) is 0 Å². The Morgan fingerprint density at radius 2 is 1.12 bits per heavy atom. The predicted molar refractivity (Wildman–Crippen MR) is 115 cm³/mol. The first-order valence-electron chi connectivity index (χ1n) is 10.9. The molecule has 0 heterocycles. The molecule has 0 spiro atoms. The van der Waals surface area contributed by atoms with Crippen LogP contribution >= 0.6 is 0 Å². The van der Waals surface area contributed by atoms with E-state index in [1.54, 1.807) is 10.5 Å². The van der Waals surface area contributed by atoms with Gasteiger partial charge in [0.1, 0.15) is 0 Å². The summed E-state index contributed by atoms with van der Waals surface area (Å²) in [6.45, 7) is 14.2. The van der Waals surface area contributed by atoms with Gasteiger partial charge >= 0.3 is 164 Å². The van der Waals surface area contributed by atoms with E-state index in [1.165, 1.54) is 73.5 Å². The molecular weight excluding hydrogens is 413 g/mol. The first kappa shape index (κ1) is 25.0. The van der Waals surface area contributed by atoms with Crippen LogP contribution in [0.5, 0.6) is 0 Å². The van der Waals surface area contributed by atoms with Crippen molar-refractivity contribution in [1.29, 1.82) is 0 Å². The second-order valence-electron chi connectivity index (χ2n) is 8.06. The van der Waals surface area contributed by atoms with Crippen LogP contribution in [0.1, 0.15) is 99.3 Å². The topological polar surface area (TPSA) is 9.23 Å². The second kappa shape index (κ2) is 16.2. The molecule has 0 fully saturated rings. The van der Waals surface area contributed by atoms with Gasteiger partial charge in [-0.1, -0.05) is 0 Å². The molecule has 0 N–H and O–H groups in total. The minimum absolute atomic E-state index is 0.160. The van der Waals surface area contributed by atoms with Gasteiger partial charge in [-0.3, -0.25) is 0 Å². The Hall–Kier alpha value is 1.05. The molecule has 0 aliphatic heterocycles. The number of hydrogen-bond donors (Lipinski definition) is 0. The van der Waals surface area contributed by atoms with Gasteiger partial charge in [-0.15, -0.1) is 0 Å². The van der Waals surface area contributed by atoms with E-state index < -0.39 is 29.0 Å². The first-order chi connectivity index (χ1) is 11.5. The molecular formula is C21H46Ge2O. The third-order valence-electron chi connectivity index (χ3n) is 4.83. The van der Waals surface area contributed by atoms with Crippen molar-refractivity contribution in [3.05, 3.63) is 0 Å². The molecule has 0 amide bonds. The van der Waals surface area contributed by atoms with Crippen LogP contribution in [0.4, 0.5) is 0 Å². The van der Waals surface area contributed by atoms with Crippen LogP contribution in [0.3, 0.4) is 0 Å². The minimum atomic E-state index is -1.30. The normalized spacial score (nSPS) is 12.5. The number of rotatable bonds is 17. The maximum atomic E-state index is 6.83. The van der Waals surface area contributed by atoms with Crippen molar-refractivity contribution in [1.82, 2.24) is 0 Å². The van der Waals surface area contributed by atoms with Crippen LogP contribution in [0, 0.1) is 0 Å². The van der Waals surface area contributed by atoms with E-state index in [9.17, 15) is 0 Å². The number of unbranched alkanes of at least 4 members (excludes halogenated alkanes) is 4. The summed E-state index contributed by atoms with van der Waals surface area (Å²) < 4.78 is 6.83. The molecule has 0 aromatic rings. The van der Waals surface area contributed by atoms with Crippen molar-refractivity contribution in [3.63, 3.8) is 0 Å². The molecule has 0 saturated carbocycles. The molecule has 3 heteroatoms. The Morgan fingerprint density at radius 3 is 1.54 bits per heavy atom. The molecule has 1 nitrogen and oxygen atoms in total. The molecule has 0 aromatic carbocycles. The van der Waals surface area contributed by atoms with Gasteiger partial charge in [0.2, 0.25) is 0 Å². The molecule has 0 aromatic heterocycles. The fourth-order valence-electron chi connectivity index (χ4n) is 3.37. The molecule has 0 saturated heterocycles. The molecule has 0 bridgehead atoms. The first-order valence-corrected chi connectivity index (χ1v) is 19.1. The van der Waals surface area contributed by atoms with Crippen LogP contribution < -0.4 is 0 Å². The number of hydrogen-bond acceptors (Lipinski definition) is 1. The summed E-state index contributed by atoms with van der Waals surface area (Å²) in [5, 5.41) is 7.55. The molecule has 24 heavy (non-hydrogen) atoms. The van der Waals surface area contributed by atoms with Gasteiger partial charge in [0.15, 0.2) is 0 Å². The van der Waals surface area contributed by atoms with Gasteiger partial charge < -0.3 is 0 Å². The van der Waals surface area contributed by atoms with Crippen molar-refractivity contribution in [2.75, 3.05) is 0 Å². The average Bonchev–Trinajstić information content (AvgIpc) is 2.53. The van der Waals surface area contributed by atoms with Crippen molar-refractivity contribution >= 4 is 29.0 Å². The van der Waals surface area contributed by atoms with Crippen LogP contribution in [0.25, 0.3) is 0 Å². The van der Waals surface area contributed by atoms with Crippen LogP contribution in [-0.2, 0) is 3.76 Å². The molecule has 0 rings (SSSR count). The summed E-state index contributed by atoms with van der Waals surface area (Å²) in [6, 6.07) is 0. The van der Waals surface area contributed by atoms with E-state index >= 15 is 0 Å². The Kier molecular flexibility index (Phi) is 16.9. The zero-order chi connectivity index (χ0) is 18.3. The van der Waals surface area contributed by atoms with E-state index in [0.29, 0.717) is 0 Å². The maximum absolute atomic E-state index is 6.83. The van der Waals surface area contributed by atoms with Gasteiger partial charge in [0.05, 0.1) is 0 Å². The summed E-state index contributed by atoms with van der Waals surface area (Å²) in [4.78, 5) is 0. The van der Waals surface area contributed by atoms with E-state index in [1.807, 2.05) is 0 Å². The Bertz CT molecular complexity index is 253. The third-order valence-corrected chi connectivity index (χ3v) is 17.5. The monoisotopic (exact) mass is 462 g/mol. The summed E-state index contributed by atoms with van der Waals surface area (Å²) in [5.74, 6) is 0. The summed E-state index contributed by atoms with van der Waals surface area (Å²) in [5.41, 5.74) is 0.160. The molecule has 0 atom stereocenters. The van der Waals surface area contributed by atoms with E-state index in [0.717, 1.165) is 0 Å². The summed E-state index contributed by atoms with van der Waals surface area (Å²) in [7, 11) is 0. The Balaban J connectivity index is 4.40. The molecule has 0 aliphatic rings. The van der Waals surface area contributed by atoms with Crippen LogP contribution in [0.15, 0.2) is 0 Å². The SMILES string of the molecule is CCCC[CH2][Ge]([CH2]CCCC)[O]C(C)(C)C[CH2][Ge]([CH2]CC)[CH2]CC. The van der Waals surface area contributed by atoms with Crippen LogP contribution in [0.2, 0.25) is 26.3 Å². The standard InChI is InChI=1S/C21H46Ge2O/c1-7-11-13-18-23(19-14-12-8-2)24-21(5,6)15-20-22(16-9-3)17-10-4/h7-20H2,1-6H3. The van der Waals surface area contributed by atoms with Gasteiger partial charge in [0.25, 0.3) is 0 Å². The zero-order valence-electron chi connectivity index (χ0n) is 17.8. The van der Waals surface area contributed by atoms with Crippen LogP contribution in [-0.4, -0.2) is 34.6 Å². The van der Waals surface area contributed by atoms with E-state index in [2.05, 4.69) is 41.5 Å². The molecule has 144 valence electrons.